The summed E-state index contributed by atoms with van der Waals surface area (Å²) in [5.41, 5.74) is 3.16. The molecule has 1 unspecified atom stereocenters. The predicted octanol–water partition coefficient (Wildman–Crippen LogP) is 2.77. The molecule has 0 saturated carbocycles. The van der Waals surface area contributed by atoms with Crippen LogP contribution in [0.25, 0.3) is 0 Å². The Hall–Kier alpha value is -1.87. The van der Waals surface area contributed by atoms with Gasteiger partial charge in [-0.2, -0.15) is 0 Å². The van der Waals surface area contributed by atoms with E-state index in [4.69, 9.17) is 0 Å². The standard InChI is InChI=1S/C15H14FNO/c16-12-3-1-2-11(8-12)15-14-5-4-13(18)9-10(14)6-7-17-15/h1-5,8-9,15,17-18H,6-7H2. The molecule has 1 aliphatic rings. The number of hydrogen-bond donors (Lipinski definition) is 2. The summed E-state index contributed by atoms with van der Waals surface area (Å²) >= 11 is 0. The Labute approximate surface area is 105 Å². The largest absolute Gasteiger partial charge is 0.508 e. The van der Waals surface area contributed by atoms with Crippen LogP contribution in [-0.4, -0.2) is 11.7 Å². The molecule has 0 aliphatic carbocycles. The number of phenols is 1. The van der Waals surface area contributed by atoms with Gasteiger partial charge in [0.05, 0.1) is 6.04 Å². The summed E-state index contributed by atoms with van der Waals surface area (Å²) in [6, 6.07) is 12.0. The highest BCUT2D eigenvalue weighted by atomic mass is 19.1. The van der Waals surface area contributed by atoms with Crippen molar-refractivity contribution in [1.29, 1.82) is 0 Å². The van der Waals surface area contributed by atoms with Gasteiger partial charge in [-0.25, -0.2) is 4.39 Å². The van der Waals surface area contributed by atoms with Crippen molar-refractivity contribution in [1.82, 2.24) is 5.32 Å². The first-order valence-electron chi connectivity index (χ1n) is 6.05. The smallest absolute Gasteiger partial charge is 0.123 e. The highest BCUT2D eigenvalue weighted by Crippen LogP contribution is 2.30. The van der Waals surface area contributed by atoms with Gasteiger partial charge in [-0.05, 0) is 47.4 Å². The van der Waals surface area contributed by atoms with Crippen molar-refractivity contribution in [2.24, 2.45) is 0 Å². The summed E-state index contributed by atoms with van der Waals surface area (Å²) < 4.78 is 13.3. The van der Waals surface area contributed by atoms with E-state index in [0.717, 1.165) is 29.7 Å². The zero-order chi connectivity index (χ0) is 12.5. The van der Waals surface area contributed by atoms with E-state index in [2.05, 4.69) is 5.32 Å². The fraction of sp³-hybridized carbons (Fsp3) is 0.200. The second-order valence-electron chi connectivity index (χ2n) is 4.58. The first-order valence-corrected chi connectivity index (χ1v) is 6.05. The molecule has 3 heteroatoms. The minimum absolute atomic E-state index is 0.00468. The second-order valence-corrected chi connectivity index (χ2v) is 4.58. The first-order chi connectivity index (χ1) is 8.74. The molecule has 2 N–H and O–H groups in total. The SMILES string of the molecule is Oc1ccc2c(c1)CCNC2c1cccc(F)c1. The fourth-order valence-electron chi connectivity index (χ4n) is 2.53. The molecule has 18 heavy (non-hydrogen) atoms. The number of rotatable bonds is 1. The molecule has 2 aromatic carbocycles. The maximum atomic E-state index is 13.3. The van der Waals surface area contributed by atoms with Crippen LogP contribution in [-0.2, 0) is 6.42 Å². The van der Waals surface area contributed by atoms with E-state index in [9.17, 15) is 9.50 Å². The average molecular weight is 243 g/mol. The van der Waals surface area contributed by atoms with Gasteiger partial charge in [0.15, 0.2) is 0 Å². The monoisotopic (exact) mass is 243 g/mol. The number of benzene rings is 2. The van der Waals surface area contributed by atoms with Gasteiger partial charge in [-0.1, -0.05) is 18.2 Å². The van der Waals surface area contributed by atoms with Crippen molar-refractivity contribution in [2.75, 3.05) is 6.54 Å². The van der Waals surface area contributed by atoms with E-state index >= 15 is 0 Å². The first kappa shape index (κ1) is 11.2. The highest BCUT2D eigenvalue weighted by molar-refractivity contribution is 5.43. The molecule has 3 rings (SSSR count). The molecule has 1 heterocycles. The Bertz CT molecular complexity index is 582. The Morgan fingerprint density at radius 1 is 1.17 bits per heavy atom. The molecule has 2 aromatic rings. The third-order valence-corrected chi connectivity index (χ3v) is 3.36. The van der Waals surface area contributed by atoms with Gasteiger partial charge in [0.1, 0.15) is 11.6 Å². The summed E-state index contributed by atoms with van der Waals surface area (Å²) in [5.74, 6) is 0.0637. The van der Waals surface area contributed by atoms with Crippen LogP contribution < -0.4 is 5.32 Å². The number of aromatic hydroxyl groups is 1. The van der Waals surface area contributed by atoms with E-state index < -0.39 is 0 Å². The van der Waals surface area contributed by atoms with E-state index in [1.807, 2.05) is 12.1 Å². The van der Waals surface area contributed by atoms with E-state index in [0.29, 0.717) is 0 Å². The lowest BCUT2D eigenvalue weighted by Crippen LogP contribution is -2.30. The maximum absolute atomic E-state index is 13.3. The molecule has 0 spiro atoms. The summed E-state index contributed by atoms with van der Waals surface area (Å²) in [7, 11) is 0. The van der Waals surface area contributed by atoms with Gasteiger partial charge in [0, 0.05) is 6.54 Å². The second kappa shape index (κ2) is 4.42. The molecule has 0 amide bonds. The number of fused-ring (bicyclic) bond motifs is 1. The summed E-state index contributed by atoms with van der Waals surface area (Å²) in [6.45, 7) is 0.831. The number of halogens is 1. The van der Waals surface area contributed by atoms with Crippen molar-refractivity contribution in [3.63, 3.8) is 0 Å². The Balaban J connectivity index is 2.06. The lowest BCUT2D eigenvalue weighted by Gasteiger charge is -2.27. The van der Waals surface area contributed by atoms with Crippen molar-refractivity contribution in [3.05, 3.63) is 65.0 Å². The molecular weight excluding hydrogens is 229 g/mol. The van der Waals surface area contributed by atoms with Crippen LogP contribution in [0.4, 0.5) is 4.39 Å². The van der Waals surface area contributed by atoms with Crippen molar-refractivity contribution in [2.45, 2.75) is 12.5 Å². The van der Waals surface area contributed by atoms with Crippen LogP contribution in [0.1, 0.15) is 22.7 Å². The molecule has 2 nitrogen and oxygen atoms in total. The molecule has 0 saturated heterocycles. The van der Waals surface area contributed by atoms with Crippen LogP contribution in [0, 0.1) is 5.82 Å². The molecule has 0 bridgehead atoms. The third-order valence-electron chi connectivity index (χ3n) is 3.36. The van der Waals surface area contributed by atoms with Gasteiger partial charge >= 0.3 is 0 Å². The normalized spacial score (nSPS) is 18.4. The predicted molar refractivity (Wildman–Crippen MR) is 68.1 cm³/mol. The maximum Gasteiger partial charge on any atom is 0.123 e. The molecular formula is C15H14FNO. The van der Waals surface area contributed by atoms with Gasteiger partial charge in [0.2, 0.25) is 0 Å². The van der Waals surface area contributed by atoms with Crippen LogP contribution in [0.5, 0.6) is 5.75 Å². The summed E-state index contributed by atoms with van der Waals surface area (Å²) in [6.07, 6.45) is 0.884. The van der Waals surface area contributed by atoms with Gasteiger partial charge < -0.3 is 10.4 Å². The Morgan fingerprint density at radius 2 is 2.06 bits per heavy atom. The van der Waals surface area contributed by atoms with Crippen LogP contribution in [0.3, 0.4) is 0 Å². The third kappa shape index (κ3) is 1.97. The molecule has 0 radical (unpaired) electrons. The molecule has 0 fully saturated rings. The quantitative estimate of drug-likeness (QED) is 0.807. The van der Waals surface area contributed by atoms with Gasteiger partial charge in [-0.15, -0.1) is 0 Å². The number of phenolic OH excluding ortho intramolecular Hbond substituents is 1. The number of hydrogen-bond acceptors (Lipinski definition) is 2. The zero-order valence-electron chi connectivity index (χ0n) is 9.86. The highest BCUT2D eigenvalue weighted by Gasteiger charge is 2.21. The topological polar surface area (TPSA) is 32.3 Å². The Kier molecular flexibility index (Phi) is 2.76. The fourth-order valence-corrected chi connectivity index (χ4v) is 2.53. The van der Waals surface area contributed by atoms with Crippen LogP contribution in [0.2, 0.25) is 0 Å². The Morgan fingerprint density at radius 3 is 2.89 bits per heavy atom. The van der Waals surface area contributed by atoms with Crippen LogP contribution in [0.15, 0.2) is 42.5 Å². The number of nitrogens with one attached hydrogen (secondary N) is 1. The van der Waals surface area contributed by atoms with Crippen molar-refractivity contribution in [3.8, 4) is 5.75 Å². The van der Waals surface area contributed by atoms with Crippen molar-refractivity contribution < 1.29 is 9.50 Å². The lowest BCUT2D eigenvalue weighted by molar-refractivity contribution is 0.471. The molecule has 0 aromatic heterocycles. The summed E-state index contributed by atoms with van der Waals surface area (Å²) in [4.78, 5) is 0. The minimum atomic E-state index is -0.222. The average Bonchev–Trinajstić information content (AvgIpc) is 2.37. The van der Waals surface area contributed by atoms with Gasteiger partial charge in [0.25, 0.3) is 0 Å². The molecule has 1 aliphatic heterocycles. The van der Waals surface area contributed by atoms with E-state index in [-0.39, 0.29) is 17.6 Å². The van der Waals surface area contributed by atoms with E-state index in [1.165, 1.54) is 6.07 Å². The molecule has 1 atom stereocenters. The van der Waals surface area contributed by atoms with Crippen molar-refractivity contribution >= 4 is 0 Å². The zero-order valence-corrected chi connectivity index (χ0v) is 9.86. The lowest BCUT2D eigenvalue weighted by atomic mass is 9.90. The molecule has 92 valence electrons. The summed E-state index contributed by atoms with van der Waals surface area (Å²) in [5, 5.41) is 12.9. The minimum Gasteiger partial charge on any atom is -0.508 e. The van der Waals surface area contributed by atoms with E-state index in [1.54, 1.807) is 24.3 Å². The van der Waals surface area contributed by atoms with Crippen LogP contribution >= 0.6 is 0 Å². The van der Waals surface area contributed by atoms with Gasteiger partial charge in [-0.3, -0.25) is 0 Å².